The van der Waals surface area contributed by atoms with Crippen molar-refractivity contribution in [1.29, 1.82) is 0 Å². The smallest absolute Gasteiger partial charge is 0.262 e. The molecule has 0 aliphatic heterocycles. The van der Waals surface area contributed by atoms with E-state index in [2.05, 4.69) is 21.8 Å². The summed E-state index contributed by atoms with van der Waals surface area (Å²) in [5.74, 6) is 0.953. The van der Waals surface area contributed by atoms with Gasteiger partial charge in [0.25, 0.3) is 5.56 Å². The predicted octanol–water partition coefficient (Wildman–Crippen LogP) is 4.49. The number of allylic oxidation sites excluding steroid dienone is 1. The molecule has 0 radical (unpaired) electrons. The number of thioether (sulfide) groups is 1. The minimum Gasteiger partial charge on any atom is -0.419 e. The van der Waals surface area contributed by atoms with Gasteiger partial charge in [0.2, 0.25) is 11.8 Å². The highest BCUT2D eigenvalue weighted by Crippen LogP contribution is 2.34. The van der Waals surface area contributed by atoms with Gasteiger partial charge in [-0.1, -0.05) is 48.2 Å². The largest absolute Gasteiger partial charge is 0.419 e. The molecule has 28 heavy (non-hydrogen) atoms. The average Bonchev–Trinajstić information content (AvgIpc) is 3.22. The van der Waals surface area contributed by atoms with Crippen molar-refractivity contribution >= 4 is 22.7 Å². The molecule has 0 aliphatic carbocycles. The summed E-state index contributed by atoms with van der Waals surface area (Å²) in [4.78, 5) is 17.5. The number of aromatic nitrogens is 4. The molecule has 2 aromatic heterocycles. The molecular weight excluding hydrogens is 372 g/mol. The first kappa shape index (κ1) is 18.2. The van der Waals surface area contributed by atoms with Gasteiger partial charge >= 0.3 is 0 Å². The summed E-state index contributed by atoms with van der Waals surface area (Å²) in [6, 6.07) is 16.9. The maximum absolute atomic E-state index is 12.9. The van der Waals surface area contributed by atoms with Crippen molar-refractivity contribution in [2.24, 2.45) is 0 Å². The molecular formula is C21H18N4O2S. The summed E-state index contributed by atoms with van der Waals surface area (Å²) >= 11 is 1.41. The van der Waals surface area contributed by atoms with Crippen LogP contribution in [-0.2, 0) is 6.54 Å². The molecule has 0 unspecified atom stereocenters. The minimum absolute atomic E-state index is 0.0873. The lowest BCUT2D eigenvalue weighted by molar-refractivity contribution is 0.508. The molecule has 4 aromatic rings. The highest BCUT2D eigenvalue weighted by molar-refractivity contribution is 7.99. The number of nitrogens with zero attached hydrogens (tertiary/aromatic N) is 4. The quantitative estimate of drug-likeness (QED) is 0.274. The topological polar surface area (TPSA) is 73.8 Å². The highest BCUT2D eigenvalue weighted by atomic mass is 32.2. The Morgan fingerprint density at radius 3 is 2.68 bits per heavy atom. The van der Waals surface area contributed by atoms with E-state index in [9.17, 15) is 4.79 Å². The predicted molar refractivity (Wildman–Crippen MR) is 110 cm³/mol. The third-order valence-corrected chi connectivity index (χ3v) is 5.31. The Hall–Kier alpha value is -3.19. The number of hydrogen-bond acceptors (Lipinski definition) is 6. The van der Waals surface area contributed by atoms with Crippen LogP contribution in [0.15, 0.2) is 81.6 Å². The number of hydrogen-bond donors (Lipinski definition) is 0. The second-order valence-corrected chi connectivity index (χ2v) is 7.50. The van der Waals surface area contributed by atoms with Crippen molar-refractivity contribution in [2.45, 2.75) is 23.9 Å². The van der Waals surface area contributed by atoms with Crippen molar-refractivity contribution in [3.8, 4) is 11.5 Å². The van der Waals surface area contributed by atoms with Crippen molar-refractivity contribution < 1.29 is 4.42 Å². The molecule has 0 saturated heterocycles. The van der Waals surface area contributed by atoms with Gasteiger partial charge in [-0.25, -0.2) is 4.98 Å². The summed E-state index contributed by atoms with van der Waals surface area (Å²) in [7, 11) is 0. The summed E-state index contributed by atoms with van der Waals surface area (Å²) in [5.41, 5.74) is 1.44. The van der Waals surface area contributed by atoms with E-state index < -0.39 is 0 Å². The van der Waals surface area contributed by atoms with Crippen LogP contribution in [0.3, 0.4) is 0 Å². The first-order chi connectivity index (χ1) is 13.7. The van der Waals surface area contributed by atoms with Gasteiger partial charge in [-0.05, 0) is 31.2 Å². The molecule has 2 aromatic carbocycles. The first-order valence-corrected chi connectivity index (χ1v) is 9.71. The molecule has 0 aliphatic rings. The molecule has 1 atom stereocenters. The third-order valence-electron chi connectivity index (χ3n) is 4.23. The van der Waals surface area contributed by atoms with E-state index in [-0.39, 0.29) is 10.8 Å². The highest BCUT2D eigenvalue weighted by Gasteiger charge is 2.20. The zero-order chi connectivity index (χ0) is 19.5. The van der Waals surface area contributed by atoms with Crippen LogP contribution >= 0.6 is 11.8 Å². The Morgan fingerprint density at radius 1 is 1.14 bits per heavy atom. The van der Waals surface area contributed by atoms with Gasteiger partial charge in [-0.2, -0.15) is 0 Å². The van der Waals surface area contributed by atoms with E-state index in [4.69, 9.17) is 4.42 Å². The summed E-state index contributed by atoms with van der Waals surface area (Å²) in [6.45, 7) is 6.09. The molecule has 0 bridgehead atoms. The molecule has 0 amide bonds. The van der Waals surface area contributed by atoms with Gasteiger partial charge in [0.1, 0.15) is 0 Å². The second-order valence-electron chi connectivity index (χ2n) is 6.19. The fraction of sp³-hybridized carbons (Fsp3) is 0.143. The van der Waals surface area contributed by atoms with Crippen LogP contribution in [0.4, 0.5) is 0 Å². The summed E-state index contributed by atoms with van der Waals surface area (Å²) in [6.07, 6.45) is 1.69. The molecule has 4 rings (SSSR count). The van der Waals surface area contributed by atoms with Gasteiger partial charge in [-0.3, -0.25) is 9.36 Å². The van der Waals surface area contributed by atoms with Crippen LogP contribution in [0.25, 0.3) is 22.4 Å². The lowest BCUT2D eigenvalue weighted by Crippen LogP contribution is -2.23. The summed E-state index contributed by atoms with van der Waals surface area (Å²) < 4.78 is 7.46. The molecule has 6 nitrogen and oxygen atoms in total. The van der Waals surface area contributed by atoms with Crippen LogP contribution < -0.4 is 5.56 Å². The maximum Gasteiger partial charge on any atom is 0.262 e. The first-order valence-electron chi connectivity index (χ1n) is 8.83. The Kier molecular flexibility index (Phi) is 5.08. The zero-order valence-electron chi connectivity index (χ0n) is 15.3. The standard InChI is InChI=1S/C21H18N4O2S/c1-3-13-25-20(26)16-11-7-8-12-17(16)22-21(25)28-14(2)18-23-24-19(27-18)15-9-5-4-6-10-15/h3-12,14H,1,13H2,2H3/t14-/m1/s1. The average molecular weight is 390 g/mol. The van der Waals surface area contributed by atoms with Crippen LogP contribution in [0.2, 0.25) is 0 Å². The number of benzene rings is 2. The van der Waals surface area contributed by atoms with Crippen LogP contribution in [0.5, 0.6) is 0 Å². The third kappa shape index (κ3) is 3.48. The van der Waals surface area contributed by atoms with Crippen LogP contribution in [-0.4, -0.2) is 19.7 Å². The summed E-state index contributed by atoms with van der Waals surface area (Å²) in [5, 5.41) is 9.33. The minimum atomic E-state index is -0.172. The van der Waals surface area contributed by atoms with Gasteiger partial charge in [0, 0.05) is 12.1 Å². The van der Waals surface area contributed by atoms with E-state index >= 15 is 0 Å². The lowest BCUT2D eigenvalue weighted by atomic mass is 10.2. The van der Waals surface area contributed by atoms with E-state index in [1.165, 1.54) is 11.8 Å². The van der Waals surface area contributed by atoms with E-state index in [0.29, 0.717) is 34.4 Å². The lowest BCUT2D eigenvalue weighted by Gasteiger charge is -2.13. The Labute approximate surface area is 165 Å². The second kappa shape index (κ2) is 7.82. The molecule has 0 fully saturated rings. The fourth-order valence-electron chi connectivity index (χ4n) is 2.83. The molecule has 0 N–H and O–H groups in total. The SMILES string of the molecule is C=CCn1c(S[C@H](C)c2nnc(-c3ccccc3)o2)nc2ccccc2c1=O. The van der Waals surface area contributed by atoms with Gasteiger partial charge in [-0.15, -0.1) is 16.8 Å². The normalized spacial score (nSPS) is 12.2. The molecule has 2 heterocycles. The van der Waals surface area contributed by atoms with Crippen molar-refractivity contribution in [3.05, 3.63) is 83.5 Å². The van der Waals surface area contributed by atoms with E-state index in [0.717, 1.165) is 5.56 Å². The Balaban J connectivity index is 1.68. The molecule has 140 valence electrons. The maximum atomic E-state index is 12.9. The van der Waals surface area contributed by atoms with Crippen LogP contribution in [0, 0.1) is 0 Å². The number of para-hydroxylation sites is 1. The van der Waals surface area contributed by atoms with Crippen molar-refractivity contribution in [2.75, 3.05) is 0 Å². The fourth-order valence-corrected chi connectivity index (χ4v) is 3.78. The monoisotopic (exact) mass is 390 g/mol. The van der Waals surface area contributed by atoms with E-state index in [1.54, 1.807) is 16.7 Å². The van der Waals surface area contributed by atoms with Crippen molar-refractivity contribution in [3.63, 3.8) is 0 Å². The van der Waals surface area contributed by atoms with Crippen LogP contribution in [0.1, 0.15) is 18.1 Å². The molecule has 0 saturated carbocycles. The van der Waals surface area contributed by atoms with Gasteiger partial charge in [0.05, 0.1) is 16.2 Å². The van der Waals surface area contributed by atoms with E-state index in [1.807, 2.05) is 55.5 Å². The van der Waals surface area contributed by atoms with Gasteiger partial charge < -0.3 is 4.42 Å². The zero-order valence-corrected chi connectivity index (χ0v) is 16.1. The number of rotatable bonds is 6. The number of fused-ring (bicyclic) bond motifs is 1. The molecule has 0 spiro atoms. The van der Waals surface area contributed by atoms with Gasteiger partial charge in [0.15, 0.2) is 5.16 Å². The van der Waals surface area contributed by atoms with Crippen molar-refractivity contribution in [1.82, 2.24) is 19.7 Å². The Bertz CT molecular complexity index is 1180. The Morgan fingerprint density at radius 2 is 1.89 bits per heavy atom. The molecule has 7 heteroatoms.